The Balaban J connectivity index is 1.89. The number of fused-ring (bicyclic) bond motifs is 1. The lowest BCUT2D eigenvalue weighted by Crippen LogP contribution is -2.12. The number of pyridine rings is 1. The number of carboxylic acid groups (broad SMARTS) is 2. The van der Waals surface area contributed by atoms with Crippen LogP contribution in [0.25, 0.3) is 16.6 Å². The van der Waals surface area contributed by atoms with E-state index in [1.807, 2.05) is 13.8 Å². The molecule has 0 aliphatic carbocycles. The van der Waals surface area contributed by atoms with Gasteiger partial charge in [-0.15, -0.1) is 0 Å². The number of hydrogen-bond acceptors (Lipinski definition) is 6. The van der Waals surface area contributed by atoms with Crippen LogP contribution in [0.1, 0.15) is 45.1 Å². The van der Waals surface area contributed by atoms with Gasteiger partial charge >= 0.3 is 11.9 Å². The fraction of sp³-hybridized carbons (Fsp3) is 0.120. The number of ether oxygens (including phenoxy) is 2. The Kier molecular flexibility index (Phi) is 6.11. The van der Waals surface area contributed by atoms with Crippen LogP contribution in [-0.4, -0.2) is 43.7 Å². The zero-order chi connectivity index (χ0) is 25.3. The smallest absolute Gasteiger partial charge is 0.353 e. The lowest BCUT2D eigenvalue weighted by molar-refractivity contribution is 0.0647. The molecule has 10 heteroatoms. The maximum Gasteiger partial charge on any atom is 0.353 e. The van der Waals surface area contributed by atoms with Gasteiger partial charge in [-0.1, -0.05) is 0 Å². The normalized spacial score (nSPS) is 10.9. The molecule has 178 valence electrons. The Hall–Kier alpha value is -4.86. The summed E-state index contributed by atoms with van der Waals surface area (Å²) in [4.78, 5) is 40.0. The number of nitrogens with zero attached hydrogens (tertiary/aromatic N) is 2. The summed E-state index contributed by atoms with van der Waals surface area (Å²) in [6, 6.07) is 14.1. The molecule has 2 heterocycles. The molecule has 0 aliphatic heterocycles. The molecular formula is C25H21N3O7. The fourth-order valence-corrected chi connectivity index (χ4v) is 3.74. The minimum absolute atomic E-state index is 0.0403. The SMILES string of the molecule is CC(C)Oc1ccc(-n2c(C(=O)O)c(C(=O)O)c3cc(Oc4ncccc4C(N)=O)ccc32)cc1. The second kappa shape index (κ2) is 9.18. The van der Waals surface area contributed by atoms with Gasteiger partial charge in [0, 0.05) is 17.3 Å². The molecule has 10 nitrogen and oxygen atoms in total. The minimum atomic E-state index is -1.42. The van der Waals surface area contributed by atoms with Crippen LogP contribution in [0, 0.1) is 0 Å². The van der Waals surface area contributed by atoms with Gasteiger partial charge in [0.1, 0.15) is 28.3 Å². The Morgan fingerprint density at radius 3 is 2.26 bits per heavy atom. The van der Waals surface area contributed by atoms with E-state index in [1.54, 1.807) is 24.3 Å². The largest absolute Gasteiger partial charge is 0.491 e. The molecule has 0 spiro atoms. The van der Waals surface area contributed by atoms with Crippen LogP contribution in [-0.2, 0) is 0 Å². The highest BCUT2D eigenvalue weighted by atomic mass is 16.5. The van der Waals surface area contributed by atoms with Crippen LogP contribution in [0.15, 0.2) is 60.8 Å². The van der Waals surface area contributed by atoms with Crippen molar-refractivity contribution in [1.82, 2.24) is 9.55 Å². The van der Waals surface area contributed by atoms with Crippen molar-refractivity contribution in [2.24, 2.45) is 5.73 Å². The third-order valence-electron chi connectivity index (χ3n) is 5.07. The third-order valence-corrected chi connectivity index (χ3v) is 5.07. The molecule has 0 saturated carbocycles. The van der Waals surface area contributed by atoms with Crippen LogP contribution < -0.4 is 15.2 Å². The van der Waals surface area contributed by atoms with Crippen LogP contribution in [0.4, 0.5) is 0 Å². The zero-order valence-electron chi connectivity index (χ0n) is 18.8. The Morgan fingerprint density at radius 1 is 0.971 bits per heavy atom. The molecular weight excluding hydrogens is 454 g/mol. The van der Waals surface area contributed by atoms with Crippen LogP contribution in [0.5, 0.6) is 17.4 Å². The predicted molar refractivity (Wildman–Crippen MR) is 126 cm³/mol. The lowest BCUT2D eigenvalue weighted by Gasteiger charge is -2.12. The van der Waals surface area contributed by atoms with Crippen molar-refractivity contribution in [1.29, 1.82) is 0 Å². The molecule has 4 aromatic rings. The average Bonchev–Trinajstić information content (AvgIpc) is 3.14. The number of rotatable bonds is 8. The summed E-state index contributed by atoms with van der Waals surface area (Å²) >= 11 is 0. The van der Waals surface area contributed by atoms with E-state index in [2.05, 4.69) is 4.98 Å². The molecule has 0 radical (unpaired) electrons. The standard InChI is InChI=1S/C25H21N3O7/c1-13(2)34-15-7-5-14(6-8-15)28-19-10-9-16(35-23-17(22(26)29)4-3-11-27-23)12-18(19)20(24(30)31)21(28)25(32)33/h3-13H,1-2H3,(H2,26,29)(H,30,31)(H,32,33). The van der Waals surface area contributed by atoms with Gasteiger partial charge in [-0.25, -0.2) is 14.6 Å². The fourth-order valence-electron chi connectivity index (χ4n) is 3.74. The topological polar surface area (TPSA) is 154 Å². The number of carbonyl (C=O) groups is 3. The predicted octanol–water partition coefficient (Wildman–Crippen LogP) is 4.10. The zero-order valence-corrected chi connectivity index (χ0v) is 18.8. The summed E-state index contributed by atoms with van der Waals surface area (Å²) in [7, 11) is 0. The first-order valence-corrected chi connectivity index (χ1v) is 10.5. The molecule has 2 aromatic heterocycles. The number of aromatic nitrogens is 2. The molecule has 1 amide bonds. The van der Waals surface area contributed by atoms with Gasteiger partial charge in [-0.05, 0) is 68.4 Å². The Bertz CT molecular complexity index is 1460. The van der Waals surface area contributed by atoms with E-state index >= 15 is 0 Å². The highest BCUT2D eigenvalue weighted by molar-refractivity contribution is 6.13. The second-order valence-electron chi connectivity index (χ2n) is 7.83. The van der Waals surface area contributed by atoms with Crippen molar-refractivity contribution in [3.63, 3.8) is 0 Å². The van der Waals surface area contributed by atoms with Gasteiger partial charge in [0.2, 0.25) is 5.88 Å². The number of primary amides is 1. The minimum Gasteiger partial charge on any atom is -0.491 e. The molecule has 0 atom stereocenters. The third kappa shape index (κ3) is 4.49. The molecule has 35 heavy (non-hydrogen) atoms. The molecule has 4 N–H and O–H groups in total. The van der Waals surface area contributed by atoms with Crippen molar-refractivity contribution in [3.8, 4) is 23.1 Å². The van der Waals surface area contributed by atoms with Crippen molar-refractivity contribution >= 4 is 28.7 Å². The van der Waals surface area contributed by atoms with Crippen molar-refractivity contribution in [2.45, 2.75) is 20.0 Å². The van der Waals surface area contributed by atoms with Crippen LogP contribution >= 0.6 is 0 Å². The van der Waals surface area contributed by atoms with E-state index in [4.69, 9.17) is 15.2 Å². The highest BCUT2D eigenvalue weighted by Gasteiger charge is 2.28. The van der Waals surface area contributed by atoms with Gasteiger partial charge < -0.3 is 30.0 Å². The Morgan fingerprint density at radius 2 is 1.66 bits per heavy atom. The summed E-state index contributed by atoms with van der Waals surface area (Å²) < 4.78 is 12.7. The number of nitrogens with two attached hydrogens (primary N) is 1. The van der Waals surface area contributed by atoms with Gasteiger partial charge in [0.05, 0.1) is 11.6 Å². The summed E-state index contributed by atoms with van der Waals surface area (Å²) in [6.07, 6.45) is 1.36. The van der Waals surface area contributed by atoms with E-state index in [0.29, 0.717) is 17.0 Å². The number of carboxylic acids is 2. The average molecular weight is 475 g/mol. The van der Waals surface area contributed by atoms with Crippen LogP contribution in [0.2, 0.25) is 0 Å². The first-order chi connectivity index (χ1) is 16.7. The summed E-state index contributed by atoms with van der Waals surface area (Å²) in [6.45, 7) is 3.76. The summed E-state index contributed by atoms with van der Waals surface area (Å²) in [5, 5.41) is 20.0. The highest BCUT2D eigenvalue weighted by Crippen LogP contribution is 2.34. The molecule has 0 unspecified atom stereocenters. The number of aromatic carboxylic acids is 2. The maximum atomic E-state index is 12.2. The van der Waals surface area contributed by atoms with Crippen molar-refractivity contribution < 1.29 is 34.1 Å². The number of amides is 1. The van der Waals surface area contributed by atoms with Crippen molar-refractivity contribution in [3.05, 3.63) is 77.6 Å². The molecule has 2 aromatic carbocycles. The number of carbonyl (C=O) groups excluding carboxylic acids is 1. The van der Waals surface area contributed by atoms with Gasteiger partial charge in [-0.2, -0.15) is 0 Å². The monoisotopic (exact) mass is 475 g/mol. The van der Waals surface area contributed by atoms with Crippen molar-refractivity contribution in [2.75, 3.05) is 0 Å². The molecule has 0 saturated heterocycles. The number of hydrogen-bond donors (Lipinski definition) is 3. The van der Waals surface area contributed by atoms with E-state index < -0.39 is 29.1 Å². The van der Waals surface area contributed by atoms with Gasteiger partial charge in [0.25, 0.3) is 5.91 Å². The summed E-state index contributed by atoms with van der Waals surface area (Å²) in [5.41, 5.74) is 5.35. The molecule has 0 bridgehead atoms. The van der Waals surface area contributed by atoms with E-state index in [1.165, 1.54) is 41.1 Å². The van der Waals surface area contributed by atoms with E-state index in [-0.39, 0.29) is 28.7 Å². The van der Waals surface area contributed by atoms with E-state index in [0.717, 1.165) is 0 Å². The van der Waals surface area contributed by atoms with Crippen LogP contribution in [0.3, 0.4) is 0 Å². The molecule has 0 aliphatic rings. The van der Waals surface area contributed by atoms with Gasteiger partial charge in [-0.3, -0.25) is 4.79 Å². The number of benzene rings is 2. The quantitative estimate of drug-likeness (QED) is 0.344. The molecule has 4 rings (SSSR count). The maximum absolute atomic E-state index is 12.2. The van der Waals surface area contributed by atoms with Gasteiger partial charge in [0.15, 0.2) is 0 Å². The summed E-state index contributed by atoms with van der Waals surface area (Å²) in [5.74, 6) is -2.90. The first-order valence-electron chi connectivity index (χ1n) is 10.5. The molecule has 0 fully saturated rings. The van der Waals surface area contributed by atoms with E-state index in [9.17, 15) is 24.6 Å². The first kappa shape index (κ1) is 23.3. The Labute approximate surface area is 199 Å². The second-order valence-corrected chi connectivity index (χ2v) is 7.83. The lowest BCUT2D eigenvalue weighted by atomic mass is 10.1.